The Kier molecular flexibility index (Phi) is 13.5. The smallest absolute Gasteiger partial charge is 0.164 e. The third kappa shape index (κ3) is 8.19. The molecule has 0 spiro atoms. The molecule has 3 nitrogen and oxygen atoms in total. The van der Waals surface area contributed by atoms with Crippen molar-refractivity contribution < 1.29 is 30.0 Å². The van der Waals surface area contributed by atoms with Gasteiger partial charge in [-0.05, 0) is 78.8 Å². The molecule has 3 aromatic heterocycles. The molecule has 0 saturated carbocycles. The number of fused-ring (bicyclic) bond motifs is 5. The van der Waals surface area contributed by atoms with E-state index in [2.05, 4.69) is 76.7 Å². The molecule has 0 saturated heterocycles. The summed E-state index contributed by atoms with van der Waals surface area (Å²) in [6.45, 7) is 24.9. The van der Waals surface area contributed by atoms with Gasteiger partial charge in [-0.3, -0.25) is 4.79 Å². The third-order valence-corrected chi connectivity index (χ3v) is 12.9. The van der Waals surface area contributed by atoms with Crippen LogP contribution in [0.1, 0.15) is 98.4 Å². The molecule has 0 amide bonds. The van der Waals surface area contributed by atoms with Crippen LogP contribution in [-0.2, 0) is 30.3 Å². The van der Waals surface area contributed by atoms with Gasteiger partial charge in [-0.2, -0.15) is 11.8 Å². The number of aryl methyl sites for hydroxylation is 1. The normalized spacial score (nSPS) is 12.6. The van der Waals surface area contributed by atoms with E-state index in [0.29, 0.717) is 0 Å². The number of pyridine rings is 1. The number of carbonyl (C=O) groups is 1. The predicted molar refractivity (Wildman–Crippen MR) is 209 cm³/mol. The molecule has 5 rings (SSSR count). The fraction of sp³-hybridized carbons (Fsp3) is 0.415. The van der Waals surface area contributed by atoms with Crippen molar-refractivity contribution in [2.24, 2.45) is 10.8 Å². The molecular weight excluding hydrogens is 827 g/mol. The zero-order valence-electron chi connectivity index (χ0n) is 30.1. The number of rotatable bonds is 10. The molecule has 5 aromatic rings. The zero-order chi connectivity index (χ0) is 34.7. The van der Waals surface area contributed by atoms with E-state index in [-0.39, 0.29) is 47.9 Å². The van der Waals surface area contributed by atoms with Crippen LogP contribution in [0.25, 0.3) is 41.5 Å². The quantitative estimate of drug-likeness (QED) is 0.0657. The molecule has 0 aliphatic carbocycles. The number of thiophene rings is 2. The second-order valence-corrected chi connectivity index (χ2v) is 17.3. The molecule has 0 bridgehead atoms. The van der Waals surface area contributed by atoms with Crippen molar-refractivity contribution in [3.63, 3.8) is 0 Å². The number of hydrogen-bond acceptors (Lipinski definition) is 6. The number of allylic oxidation sites excluding steroid dienone is 2. The number of carbonyl (C=O) groups excluding carboxylic acids is 1. The first-order chi connectivity index (χ1) is 22.2. The molecule has 3 heterocycles. The van der Waals surface area contributed by atoms with Gasteiger partial charge in [0.1, 0.15) is 5.76 Å². The fourth-order valence-electron chi connectivity index (χ4n) is 5.73. The Hall–Kier alpha value is -2.28. The van der Waals surface area contributed by atoms with Gasteiger partial charge in [-0.1, -0.05) is 73.8 Å². The number of thioether (sulfide) groups is 1. The summed E-state index contributed by atoms with van der Waals surface area (Å²) in [5, 5.41) is 15.9. The Morgan fingerprint density at radius 3 is 2.10 bits per heavy atom. The van der Waals surface area contributed by atoms with E-state index in [1.54, 1.807) is 11.8 Å². The van der Waals surface area contributed by atoms with Crippen LogP contribution in [0, 0.1) is 23.8 Å². The summed E-state index contributed by atoms with van der Waals surface area (Å²) in [6.07, 6.45) is 6.68. The molecule has 0 atom stereocenters. The minimum Gasteiger partial charge on any atom is -0.512 e. The number of ketones is 1. The Bertz CT molecular complexity index is 1930. The van der Waals surface area contributed by atoms with Gasteiger partial charge in [0.2, 0.25) is 0 Å². The van der Waals surface area contributed by atoms with Crippen molar-refractivity contribution in [1.82, 2.24) is 4.98 Å². The number of aromatic nitrogens is 1. The molecule has 1 N–H and O–H groups in total. The van der Waals surface area contributed by atoms with Gasteiger partial charge in [-0.25, -0.2) is 0 Å². The molecule has 259 valence electrons. The summed E-state index contributed by atoms with van der Waals surface area (Å²) < 4.78 is 3.94. The van der Waals surface area contributed by atoms with Crippen molar-refractivity contribution >= 4 is 70.5 Å². The van der Waals surface area contributed by atoms with E-state index >= 15 is 0 Å². The predicted octanol–water partition coefficient (Wildman–Crippen LogP) is 13.6. The number of aliphatic hydroxyl groups is 1. The molecule has 0 aliphatic rings. The third-order valence-electron chi connectivity index (χ3n) is 9.96. The molecule has 0 fully saturated rings. The Labute approximate surface area is 313 Å². The number of benzene rings is 2. The van der Waals surface area contributed by atoms with Crippen LogP contribution in [0.4, 0.5) is 0 Å². The van der Waals surface area contributed by atoms with Crippen molar-refractivity contribution in [1.29, 1.82) is 0 Å². The standard InChI is InChI=1S/C26H22NS3.C15H28O2.Ir/c1-6-28-20-8-7-16(14-18(20)26(3,4)5)25-24-22(11-12-27-25)30-21-10-9-19-17(23(21)24)13-15(2)29-19;1-7-14(5,8-2)12(16)11-13(17)15(6,9-3)10-4;/h6,8-14H,1H2,2-5H3;11,16H,7-10H2,1-6H3;/q-1;;/b;12-11-;. The monoisotopic (exact) mass is 877 g/mol. The Morgan fingerprint density at radius 2 is 1.52 bits per heavy atom. The van der Waals surface area contributed by atoms with Gasteiger partial charge in [0, 0.05) is 73.0 Å². The van der Waals surface area contributed by atoms with Crippen LogP contribution in [0.3, 0.4) is 0 Å². The zero-order valence-corrected chi connectivity index (χ0v) is 34.9. The number of nitrogens with zero attached hydrogens (tertiary/aromatic N) is 1. The van der Waals surface area contributed by atoms with Gasteiger partial charge in [0.05, 0.1) is 0 Å². The molecule has 1 radical (unpaired) electrons. The van der Waals surface area contributed by atoms with Crippen molar-refractivity contribution in [3.05, 3.63) is 82.9 Å². The average molecular weight is 877 g/mol. The summed E-state index contributed by atoms with van der Waals surface area (Å²) in [5.41, 5.74) is 2.81. The van der Waals surface area contributed by atoms with E-state index in [1.807, 2.05) is 75.8 Å². The summed E-state index contributed by atoms with van der Waals surface area (Å²) in [6, 6.07) is 16.9. The largest absolute Gasteiger partial charge is 0.512 e. The molecule has 7 heteroatoms. The minimum absolute atomic E-state index is 0. The Balaban J connectivity index is 0.000000301. The van der Waals surface area contributed by atoms with Crippen LogP contribution in [0.2, 0.25) is 0 Å². The maximum Gasteiger partial charge on any atom is 0.164 e. The van der Waals surface area contributed by atoms with E-state index in [9.17, 15) is 9.90 Å². The van der Waals surface area contributed by atoms with Crippen LogP contribution in [0.15, 0.2) is 71.3 Å². The maximum atomic E-state index is 12.2. The fourth-order valence-corrected chi connectivity index (χ4v) is 8.57. The summed E-state index contributed by atoms with van der Waals surface area (Å²) in [5.74, 6) is 0.286. The molecule has 0 aliphatic heterocycles. The van der Waals surface area contributed by atoms with Gasteiger partial charge in [0.25, 0.3) is 0 Å². The van der Waals surface area contributed by atoms with E-state index in [1.165, 1.54) is 51.7 Å². The minimum atomic E-state index is -0.337. The first-order valence-electron chi connectivity index (χ1n) is 16.7. The Morgan fingerprint density at radius 1 is 0.917 bits per heavy atom. The van der Waals surface area contributed by atoms with Crippen molar-refractivity contribution in [2.75, 3.05) is 0 Å². The SMILES string of the molecule is C=CSc1c[c-]c(-c2nccc3sc4ccc5sc(C)cc5c4c23)cc1C(C)(C)C.CCC(C)(CC)C(=O)/C=C(\O)C(C)(CC)CC.[Ir]. The summed E-state index contributed by atoms with van der Waals surface area (Å²) >= 11 is 5.37. The second kappa shape index (κ2) is 16.2. The number of hydrogen-bond donors (Lipinski definition) is 1. The van der Waals surface area contributed by atoms with Crippen LogP contribution < -0.4 is 0 Å². The molecular formula is C41H50IrNO2S3-. The van der Waals surface area contributed by atoms with Crippen LogP contribution >= 0.6 is 34.4 Å². The number of aliphatic hydroxyl groups excluding tert-OH is 1. The molecule has 0 unspecified atom stereocenters. The van der Waals surface area contributed by atoms with E-state index < -0.39 is 0 Å². The average Bonchev–Trinajstić information content (AvgIpc) is 3.63. The first-order valence-corrected chi connectivity index (χ1v) is 19.2. The van der Waals surface area contributed by atoms with Crippen molar-refractivity contribution in [3.8, 4) is 11.3 Å². The van der Waals surface area contributed by atoms with Gasteiger partial charge < -0.3 is 10.1 Å². The van der Waals surface area contributed by atoms with Gasteiger partial charge in [0.15, 0.2) is 5.78 Å². The maximum absolute atomic E-state index is 12.2. The summed E-state index contributed by atoms with van der Waals surface area (Å²) in [7, 11) is 0. The first kappa shape index (κ1) is 40.2. The van der Waals surface area contributed by atoms with Crippen LogP contribution in [0.5, 0.6) is 0 Å². The topological polar surface area (TPSA) is 50.2 Å². The summed E-state index contributed by atoms with van der Waals surface area (Å²) in [4.78, 5) is 19.6. The van der Waals surface area contributed by atoms with Crippen LogP contribution in [-0.4, -0.2) is 15.9 Å². The van der Waals surface area contributed by atoms with E-state index in [4.69, 9.17) is 4.98 Å². The second-order valence-electron chi connectivity index (χ2n) is 13.9. The van der Waals surface area contributed by atoms with Crippen molar-refractivity contribution in [2.45, 2.75) is 105 Å². The van der Waals surface area contributed by atoms with E-state index in [0.717, 1.165) is 36.9 Å². The molecule has 2 aromatic carbocycles. The molecule has 48 heavy (non-hydrogen) atoms. The van der Waals surface area contributed by atoms with Gasteiger partial charge >= 0.3 is 0 Å². The van der Waals surface area contributed by atoms with Gasteiger partial charge in [-0.15, -0.1) is 52.0 Å².